The minimum absolute atomic E-state index is 0.106. The van der Waals surface area contributed by atoms with Crippen LogP contribution in [0.25, 0.3) is 10.8 Å². The van der Waals surface area contributed by atoms with Crippen LogP contribution in [0.4, 0.5) is 11.4 Å². The summed E-state index contributed by atoms with van der Waals surface area (Å²) in [7, 11) is -14.0. The van der Waals surface area contributed by atoms with Crippen LogP contribution in [0.15, 0.2) is 63.2 Å². The van der Waals surface area contributed by atoms with Crippen LogP contribution in [0.5, 0.6) is 0 Å². The molecule has 3 aromatic carbocycles. The number of rotatable bonds is 4. The van der Waals surface area contributed by atoms with Crippen LogP contribution in [0.2, 0.25) is 0 Å². The van der Waals surface area contributed by atoms with E-state index in [1.54, 1.807) is 17.6 Å². The number of fused-ring (bicyclic) bond motifs is 3. The standard InChI is InChI=1S/C21H19NO9S3/c1-12-21(2,3)20-16-8-7-15(33(26,27)28)10-17(16)19(34(29,30)31)11-18(20)22(12)13-5-4-6-14(9-13)32(23,24)25/h4-11H,1-3H3,(H2-,23,24,25,26,27,28,29,30,31)/p+1. The smallest absolute Gasteiger partial charge is 0.282 e. The first-order chi connectivity index (χ1) is 15.4. The molecule has 0 aliphatic carbocycles. The summed E-state index contributed by atoms with van der Waals surface area (Å²) in [6.07, 6.45) is 0. The van der Waals surface area contributed by atoms with Gasteiger partial charge < -0.3 is 0 Å². The average molecular weight is 527 g/mol. The molecule has 0 atom stereocenters. The highest BCUT2D eigenvalue weighted by atomic mass is 32.2. The molecule has 3 aromatic rings. The summed E-state index contributed by atoms with van der Waals surface area (Å²) in [6, 6.07) is 10.0. The van der Waals surface area contributed by atoms with Crippen LogP contribution in [0.3, 0.4) is 0 Å². The molecule has 1 aliphatic heterocycles. The Labute approximate surface area is 196 Å². The van der Waals surface area contributed by atoms with Crippen molar-refractivity contribution in [2.24, 2.45) is 0 Å². The summed E-state index contributed by atoms with van der Waals surface area (Å²) in [5, 5.41) is 0.209. The third-order valence-electron chi connectivity index (χ3n) is 6.11. The van der Waals surface area contributed by atoms with Gasteiger partial charge in [0.2, 0.25) is 11.4 Å². The molecule has 3 N–H and O–H groups in total. The molecule has 1 heterocycles. The van der Waals surface area contributed by atoms with Gasteiger partial charge in [0.25, 0.3) is 30.4 Å². The Morgan fingerprint density at radius 1 is 0.735 bits per heavy atom. The highest BCUT2D eigenvalue weighted by molar-refractivity contribution is 7.86. The lowest BCUT2D eigenvalue weighted by Crippen LogP contribution is -2.26. The Bertz CT molecular complexity index is 1750. The van der Waals surface area contributed by atoms with Crippen molar-refractivity contribution in [3.8, 4) is 0 Å². The second kappa shape index (κ2) is 7.41. The maximum absolute atomic E-state index is 12.3. The minimum atomic E-state index is -4.85. The fraction of sp³-hybridized carbons (Fsp3) is 0.190. The van der Waals surface area contributed by atoms with Crippen molar-refractivity contribution in [3.05, 3.63) is 54.1 Å². The zero-order valence-electron chi connectivity index (χ0n) is 18.1. The molecule has 0 fully saturated rings. The predicted molar refractivity (Wildman–Crippen MR) is 125 cm³/mol. The maximum atomic E-state index is 12.3. The van der Waals surface area contributed by atoms with Crippen LogP contribution in [-0.4, -0.2) is 44.6 Å². The molecule has 0 unspecified atom stereocenters. The zero-order valence-corrected chi connectivity index (χ0v) is 20.5. The van der Waals surface area contributed by atoms with E-state index in [1.807, 2.05) is 13.8 Å². The molecule has 180 valence electrons. The molecule has 0 saturated heterocycles. The lowest BCUT2D eigenvalue weighted by molar-refractivity contribution is 0.480. The quantitative estimate of drug-likeness (QED) is 0.342. The van der Waals surface area contributed by atoms with Crippen LogP contribution in [0.1, 0.15) is 26.3 Å². The highest BCUT2D eigenvalue weighted by Crippen LogP contribution is 2.47. The molecule has 0 bridgehead atoms. The van der Waals surface area contributed by atoms with Gasteiger partial charge in [0.1, 0.15) is 9.79 Å². The van der Waals surface area contributed by atoms with Crippen LogP contribution in [-0.2, 0) is 35.8 Å². The lowest BCUT2D eigenvalue weighted by Gasteiger charge is -2.18. The molecule has 0 amide bonds. The largest absolute Gasteiger partial charge is 0.295 e. The van der Waals surface area contributed by atoms with E-state index in [9.17, 15) is 38.9 Å². The van der Waals surface area contributed by atoms with Crippen LogP contribution in [0, 0.1) is 0 Å². The molecule has 0 radical (unpaired) electrons. The molecular formula is C21H20NO9S3+. The van der Waals surface area contributed by atoms with Gasteiger partial charge in [-0.05, 0) is 37.4 Å². The predicted octanol–water partition coefficient (Wildman–Crippen LogP) is 3.17. The molecule has 0 aromatic heterocycles. The highest BCUT2D eigenvalue weighted by Gasteiger charge is 2.46. The van der Waals surface area contributed by atoms with Gasteiger partial charge in [-0.1, -0.05) is 12.1 Å². The molecule has 13 heteroatoms. The van der Waals surface area contributed by atoms with Crippen LogP contribution < -0.4 is 4.58 Å². The Balaban J connectivity index is 2.16. The van der Waals surface area contributed by atoms with E-state index in [1.165, 1.54) is 30.3 Å². The first kappa shape index (κ1) is 24.4. The number of benzene rings is 3. The number of nitrogens with zero attached hydrogens (tertiary/aromatic N) is 1. The van der Waals surface area contributed by atoms with Crippen molar-refractivity contribution < 1.29 is 38.9 Å². The Morgan fingerprint density at radius 3 is 1.88 bits per heavy atom. The van der Waals surface area contributed by atoms with Crippen molar-refractivity contribution in [1.29, 1.82) is 0 Å². The van der Waals surface area contributed by atoms with Crippen molar-refractivity contribution in [1.82, 2.24) is 4.58 Å². The van der Waals surface area contributed by atoms with E-state index >= 15 is 0 Å². The van der Waals surface area contributed by atoms with E-state index in [0.29, 0.717) is 28.0 Å². The van der Waals surface area contributed by atoms with Gasteiger partial charge in [0, 0.05) is 36.1 Å². The summed E-state index contributed by atoms with van der Waals surface area (Å²) < 4.78 is 102. The summed E-state index contributed by atoms with van der Waals surface area (Å²) >= 11 is 0. The first-order valence-corrected chi connectivity index (χ1v) is 14.0. The molecule has 0 spiro atoms. The first-order valence-electron chi connectivity index (χ1n) is 9.72. The molecule has 34 heavy (non-hydrogen) atoms. The van der Waals surface area contributed by atoms with Gasteiger partial charge in [-0.25, -0.2) is 0 Å². The summed E-state index contributed by atoms with van der Waals surface area (Å²) in [6.45, 7) is 5.44. The zero-order chi connectivity index (χ0) is 25.4. The molecule has 10 nitrogen and oxygen atoms in total. The normalized spacial score (nSPS) is 16.2. The minimum Gasteiger partial charge on any atom is -0.282 e. The fourth-order valence-corrected chi connectivity index (χ4v) is 6.06. The van der Waals surface area contributed by atoms with Crippen molar-refractivity contribution in [3.63, 3.8) is 0 Å². The number of hydrogen-bond acceptors (Lipinski definition) is 6. The van der Waals surface area contributed by atoms with Crippen molar-refractivity contribution >= 4 is 58.2 Å². The van der Waals surface area contributed by atoms with Gasteiger partial charge in [-0.15, -0.1) is 0 Å². The molecule has 4 rings (SSSR count). The van der Waals surface area contributed by atoms with Gasteiger partial charge >= 0.3 is 0 Å². The van der Waals surface area contributed by atoms with E-state index in [-0.39, 0.29) is 10.3 Å². The van der Waals surface area contributed by atoms with Gasteiger partial charge in [0.15, 0.2) is 5.71 Å². The van der Waals surface area contributed by atoms with Crippen molar-refractivity contribution in [2.45, 2.75) is 40.9 Å². The number of hydrogen-bond donors (Lipinski definition) is 3. The summed E-state index contributed by atoms with van der Waals surface area (Å²) in [5.41, 5.74) is 1.14. The van der Waals surface area contributed by atoms with E-state index in [2.05, 4.69) is 0 Å². The topological polar surface area (TPSA) is 166 Å². The van der Waals surface area contributed by atoms with E-state index < -0.39 is 45.6 Å². The summed E-state index contributed by atoms with van der Waals surface area (Å²) in [5.74, 6) is 0. The Kier molecular flexibility index (Phi) is 5.33. The third-order valence-corrected chi connectivity index (χ3v) is 8.70. The van der Waals surface area contributed by atoms with Gasteiger partial charge in [-0.3, -0.25) is 13.7 Å². The second-order valence-electron chi connectivity index (χ2n) is 8.44. The van der Waals surface area contributed by atoms with E-state index in [0.717, 1.165) is 12.1 Å². The third kappa shape index (κ3) is 3.83. The molecule has 1 aliphatic rings. The maximum Gasteiger partial charge on any atom is 0.295 e. The molecule has 0 saturated carbocycles. The summed E-state index contributed by atoms with van der Waals surface area (Å²) in [4.78, 5) is -1.50. The molecular weight excluding hydrogens is 506 g/mol. The van der Waals surface area contributed by atoms with Gasteiger partial charge in [0.05, 0.1) is 10.3 Å². The van der Waals surface area contributed by atoms with E-state index in [4.69, 9.17) is 0 Å². The Hall–Kier alpha value is -2.68. The monoisotopic (exact) mass is 526 g/mol. The average Bonchev–Trinajstić information content (AvgIpc) is 2.91. The van der Waals surface area contributed by atoms with Gasteiger partial charge in [-0.2, -0.15) is 29.8 Å². The fourth-order valence-electron chi connectivity index (χ4n) is 4.32. The van der Waals surface area contributed by atoms with Crippen LogP contribution >= 0.6 is 0 Å². The van der Waals surface area contributed by atoms with Crippen molar-refractivity contribution in [2.75, 3.05) is 0 Å². The SMILES string of the molecule is CC1=[N+](c2cccc(S(=O)(=O)O)c2)c2cc(S(=O)(=O)O)c3cc(S(=O)(=O)O)ccc3c2C1(C)C. The Morgan fingerprint density at radius 2 is 1.32 bits per heavy atom. The lowest BCUT2D eigenvalue weighted by atomic mass is 9.80. The second-order valence-corrected chi connectivity index (χ2v) is 12.7.